The van der Waals surface area contributed by atoms with Crippen LogP contribution in [0.25, 0.3) is 0 Å². The van der Waals surface area contributed by atoms with Crippen molar-refractivity contribution in [2.75, 3.05) is 0 Å². The average molecular weight is 279 g/mol. The fourth-order valence-corrected chi connectivity index (χ4v) is 3.49. The zero-order valence-electron chi connectivity index (χ0n) is 12.1. The molecule has 1 amide bonds. The first kappa shape index (κ1) is 15.3. The summed E-state index contributed by atoms with van der Waals surface area (Å²) in [6.07, 6.45) is 4.72. The van der Waals surface area contributed by atoms with Crippen LogP contribution in [0.15, 0.2) is 0 Å². The Labute approximate surface area is 120 Å². The molecule has 0 aromatic rings. The number of nitrogens with zero attached hydrogens (tertiary/aromatic N) is 1. The highest BCUT2D eigenvalue weighted by atomic mass is 16.3. The van der Waals surface area contributed by atoms with Gasteiger partial charge in [0.1, 0.15) is 6.23 Å². The summed E-state index contributed by atoms with van der Waals surface area (Å²) in [5, 5.41) is 9.70. The van der Waals surface area contributed by atoms with E-state index >= 15 is 0 Å². The Morgan fingerprint density at radius 2 is 1.90 bits per heavy atom. The van der Waals surface area contributed by atoms with Gasteiger partial charge in [0.05, 0.1) is 18.1 Å². The monoisotopic (exact) mass is 279 g/mol. The van der Waals surface area contributed by atoms with E-state index in [4.69, 9.17) is 11.5 Å². The Bertz CT molecular complexity index is 407. The van der Waals surface area contributed by atoms with Crippen molar-refractivity contribution < 1.29 is 9.90 Å². The topological polar surface area (TPSA) is 92.6 Å². The second-order valence-electron chi connectivity index (χ2n) is 5.86. The van der Waals surface area contributed by atoms with E-state index in [1.807, 2.05) is 0 Å². The second-order valence-corrected chi connectivity index (χ2v) is 5.86. The summed E-state index contributed by atoms with van der Waals surface area (Å²) in [6.45, 7) is 1.76. The molecule has 2 fully saturated rings. The molecule has 5 N–H and O–H groups in total. The summed E-state index contributed by atoms with van der Waals surface area (Å²) < 4.78 is 0. The molecule has 112 valence electrons. The van der Waals surface area contributed by atoms with Crippen LogP contribution in [0.3, 0.4) is 0 Å². The van der Waals surface area contributed by atoms with Crippen molar-refractivity contribution in [3.63, 3.8) is 0 Å². The summed E-state index contributed by atoms with van der Waals surface area (Å²) in [6, 6.07) is -1.01. The second kappa shape index (κ2) is 6.57. The Morgan fingerprint density at radius 1 is 1.25 bits per heavy atom. The van der Waals surface area contributed by atoms with E-state index in [1.165, 1.54) is 0 Å². The number of likely N-dealkylation sites (tertiary alicyclic amines) is 1. The van der Waals surface area contributed by atoms with Crippen molar-refractivity contribution >= 4 is 5.91 Å². The minimum absolute atomic E-state index is 0.100. The van der Waals surface area contributed by atoms with Gasteiger partial charge in [0.25, 0.3) is 0 Å². The van der Waals surface area contributed by atoms with Crippen molar-refractivity contribution in [2.24, 2.45) is 17.4 Å². The molecule has 1 saturated carbocycles. The molecule has 0 aromatic carbocycles. The maximum Gasteiger partial charge on any atom is 0.241 e. The van der Waals surface area contributed by atoms with Crippen LogP contribution in [0.5, 0.6) is 0 Å². The molecule has 1 unspecified atom stereocenters. The number of aliphatic hydroxyl groups excluding tert-OH is 1. The highest BCUT2D eigenvalue weighted by Crippen LogP contribution is 2.31. The highest BCUT2D eigenvalue weighted by Gasteiger charge is 2.42. The van der Waals surface area contributed by atoms with Gasteiger partial charge in [0.15, 0.2) is 0 Å². The number of carbonyl (C=O) groups is 1. The van der Waals surface area contributed by atoms with Crippen molar-refractivity contribution in [1.29, 1.82) is 0 Å². The van der Waals surface area contributed by atoms with Gasteiger partial charge in [-0.15, -0.1) is 5.92 Å². The zero-order chi connectivity index (χ0) is 14.7. The highest BCUT2D eigenvalue weighted by molar-refractivity contribution is 5.83. The Kier molecular flexibility index (Phi) is 5.03. The summed E-state index contributed by atoms with van der Waals surface area (Å²) in [7, 11) is 0. The average Bonchev–Trinajstić information content (AvgIpc) is 3.06. The molecule has 0 bridgehead atoms. The lowest BCUT2D eigenvalue weighted by Gasteiger charge is -2.33. The number of carbonyl (C=O) groups excluding carboxylic acids is 1. The maximum absolute atomic E-state index is 12.7. The Hall–Kier alpha value is -1.09. The van der Waals surface area contributed by atoms with Gasteiger partial charge in [-0.1, -0.05) is 18.8 Å². The fraction of sp³-hybridized carbons (Fsp3) is 0.800. The third-order valence-electron chi connectivity index (χ3n) is 4.58. The Balaban J connectivity index is 2.14. The molecule has 1 saturated heterocycles. The SMILES string of the molecule is CC#C[C@H]1CC[C@@H](C(N)O)N1C(=O)[C@@H](N)C1CCCC1. The van der Waals surface area contributed by atoms with Gasteiger partial charge in [-0.05, 0) is 38.5 Å². The molecule has 20 heavy (non-hydrogen) atoms. The van der Waals surface area contributed by atoms with Crippen LogP contribution in [-0.4, -0.2) is 40.3 Å². The molecule has 0 radical (unpaired) electrons. The third kappa shape index (κ3) is 2.98. The van der Waals surface area contributed by atoms with Crippen molar-refractivity contribution in [3.05, 3.63) is 0 Å². The predicted octanol–water partition coefficient (Wildman–Crippen LogP) is 0.164. The number of amides is 1. The third-order valence-corrected chi connectivity index (χ3v) is 4.58. The summed E-state index contributed by atoms with van der Waals surface area (Å²) in [5.41, 5.74) is 11.8. The number of aliphatic hydroxyl groups is 1. The molecular weight excluding hydrogens is 254 g/mol. The van der Waals surface area contributed by atoms with Gasteiger partial charge in [-0.2, -0.15) is 0 Å². The predicted molar refractivity (Wildman–Crippen MR) is 77.2 cm³/mol. The van der Waals surface area contributed by atoms with Gasteiger partial charge in [-0.25, -0.2) is 0 Å². The van der Waals surface area contributed by atoms with Crippen molar-refractivity contribution in [3.8, 4) is 11.8 Å². The number of rotatable bonds is 3. The molecule has 1 aliphatic heterocycles. The molecule has 0 aromatic heterocycles. The Morgan fingerprint density at radius 3 is 2.45 bits per heavy atom. The minimum atomic E-state index is -1.03. The van der Waals surface area contributed by atoms with Gasteiger partial charge < -0.3 is 21.5 Å². The first-order chi connectivity index (χ1) is 9.56. The first-order valence-corrected chi connectivity index (χ1v) is 7.50. The lowest BCUT2D eigenvalue weighted by molar-refractivity contribution is -0.138. The lowest BCUT2D eigenvalue weighted by Crippen LogP contribution is -2.55. The van der Waals surface area contributed by atoms with Crippen molar-refractivity contribution in [2.45, 2.75) is 69.8 Å². The van der Waals surface area contributed by atoms with E-state index in [1.54, 1.807) is 11.8 Å². The van der Waals surface area contributed by atoms with Gasteiger partial charge >= 0.3 is 0 Å². The number of nitrogens with two attached hydrogens (primary N) is 2. The van der Waals surface area contributed by atoms with Crippen LogP contribution < -0.4 is 11.5 Å². The number of hydrogen-bond acceptors (Lipinski definition) is 4. The fourth-order valence-electron chi connectivity index (χ4n) is 3.49. The molecule has 1 heterocycles. The van der Waals surface area contributed by atoms with E-state index in [0.29, 0.717) is 6.42 Å². The molecular formula is C15H25N3O2. The van der Waals surface area contributed by atoms with Crippen LogP contribution in [0.2, 0.25) is 0 Å². The largest absolute Gasteiger partial charge is 0.377 e. The molecule has 0 spiro atoms. The molecule has 2 rings (SSSR count). The molecule has 2 aliphatic rings. The van der Waals surface area contributed by atoms with Crippen molar-refractivity contribution in [1.82, 2.24) is 4.90 Å². The van der Waals surface area contributed by atoms with Crippen LogP contribution in [-0.2, 0) is 4.79 Å². The zero-order valence-corrected chi connectivity index (χ0v) is 12.1. The maximum atomic E-state index is 12.7. The van der Waals surface area contributed by atoms with E-state index < -0.39 is 12.3 Å². The van der Waals surface area contributed by atoms with Crippen LogP contribution in [0.1, 0.15) is 45.4 Å². The van der Waals surface area contributed by atoms with Crippen LogP contribution >= 0.6 is 0 Å². The van der Waals surface area contributed by atoms with Crippen LogP contribution in [0.4, 0.5) is 0 Å². The quantitative estimate of drug-likeness (QED) is 0.507. The van der Waals surface area contributed by atoms with E-state index in [9.17, 15) is 9.90 Å². The van der Waals surface area contributed by atoms with E-state index in [-0.39, 0.29) is 23.9 Å². The lowest BCUT2D eigenvalue weighted by atomic mass is 9.97. The number of hydrogen-bond donors (Lipinski definition) is 3. The first-order valence-electron chi connectivity index (χ1n) is 7.50. The van der Waals surface area contributed by atoms with Gasteiger partial charge in [-0.3, -0.25) is 4.79 Å². The molecule has 5 heteroatoms. The molecule has 1 aliphatic carbocycles. The van der Waals surface area contributed by atoms with E-state index in [2.05, 4.69) is 11.8 Å². The molecule has 4 atom stereocenters. The standard InChI is InChI=1S/C15H25N3O2/c1-2-5-11-8-9-12(14(17)19)18(11)15(20)13(16)10-6-3-4-7-10/h10-14,19H,3-4,6-9,16-17H2,1H3/t11-,12-,13-,14?/m0/s1. The smallest absolute Gasteiger partial charge is 0.241 e. The van der Waals surface area contributed by atoms with Gasteiger partial charge in [0, 0.05) is 0 Å². The minimum Gasteiger partial charge on any atom is -0.377 e. The summed E-state index contributed by atoms with van der Waals surface area (Å²) >= 11 is 0. The molecule has 5 nitrogen and oxygen atoms in total. The van der Waals surface area contributed by atoms with Crippen LogP contribution in [0, 0.1) is 17.8 Å². The summed E-state index contributed by atoms with van der Waals surface area (Å²) in [4.78, 5) is 14.3. The van der Waals surface area contributed by atoms with E-state index in [0.717, 1.165) is 32.1 Å². The van der Waals surface area contributed by atoms with Gasteiger partial charge in [0.2, 0.25) is 5.91 Å². The normalized spacial score (nSPS) is 29.9. The summed E-state index contributed by atoms with van der Waals surface area (Å²) in [5.74, 6) is 6.05.